The van der Waals surface area contributed by atoms with Crippen LogP contribution in [0.15, 0.2) is 18.3 Å². The van der Waals surface area contributed by atoms with E-state index in [1.807, 2.05) is 12.1 Å². The molecule has 0 radical (unpaired) electrons. The van der Waals surface area contributed by atoms with Gasteiger partial charge in [-0.1, -0.05) is 0 Å². The minimum atomic E-state index is -0.275. The van der Waals surface area contributed by atoms with Gasteiger partial charge in [0.25, 0.3) is 0 Å². The summed E-state index contributed by atoms with van der Waals surface area (Å²) in [5, 5.41) is 8.79. The van der Waals surface area contributed by atoms with Gasteiger partial charge >= 0.3 is 7.12 Å². The topological polar surface area (TPSA) is 55.1 Å². The number of hydrogen-bond acceptors (Lipinski definition) is 4. The lowest BCUT2D eigenvalue weighted by Gasteiger charge is -2.32. The Labute approximate surface area is 120 Å². The molecule has 4 nitrogen and oxygen atoms in total. The minimum absolute atomic E-state index is 0.151. The van der Waals surface area contributed by atoms with Gasteiger partial charge in [0.1, 0.15) is 6.07 Å². The maximum absolute atomic E-state index is 8.79. The summed E-state index contributed by atoms with van der Waals surface area (Å²) in [4.78, 5) is 4.37. The van der Waals surface area contributed by atoms with Crippen LogP contribution in [0, 0.1) is 11.3 Å². The molecule has 2 heterocycles. The summed E-state index contributed by atoms with van der Waals surface area (Å²) in [5.74, 6) is 0.758. The van der Waals surface area contributed by atoms with Crippen molar-refractivity contribution in [1.82, 2.24) is 4.98 Å². The molecule has 0 amide bonds. The fourth-order valence-electron chi connectivity index (χ4n) is 2.61. The summed E-state index contributed by atoms with van der Waals surface area (Å²) in [6.07, 6.45) is 2.67. The molecule has 0 spiro atoms. The zero-order valence-electron chi connectivity index (χ0n) is 12.4. The maximum Gasteiger partial charge on any atom is 0.461 e. The Balaban J connectivity index is 1.69. The van der Waals surface area contributed by atoms with Crippen molar-refractivity contribution in [3.05, 3.63) is 29.6 Å². The molecule has 0 unspecified atom stereocenters. The molecule has 1 aliphatic carbocycles. The molecule has 0 aromatic carbocycles. The molecular formula is C15H19BN2O2. The number of pyridine rings is 1. The zero-order valence-corrected chi connectivity index (χ0v) is 12.4. The second kappa shape index (κ2) is 4.31. The van der Waals surface area contributed by atoms with Crippen molar-refractivity contribution >= 4 is 7.12 Å². The summed E-state index contributed by atoms with van der Waals surface area (Å²) in [7, 11) is -0.151. The summed E-state index contributed by atoms with van der Waals surface area (Å²) in [6, 6.07) is 5.85. The Morgan fingerprint density at radius 3 is 2.40 bits per heavy atom. The Kier molecular flexibility index (Phi) is 2.93. The Hall–Kier alpha value is -1.38. The summed E-state index contributed by atoms with van der Waals surface area (Å²) >= 11 is 0. The summed E-state index contributed by atoms with van der Waals surface area (Å²) in [5.41, 5.74) is 1.08. The van der Waals surface area contributed by atoms with E-state index in [1.165, 1.54) is 0 Å². The number of hydrogen-bond donors (Lipinski definition) is 0. The molecule has 1 aliphatic heterocycles. The Morgan fingerprint density at radius 1 is 1.25 bits per heavy atom. The molecule has 1 aromatic rings. The van der Waals surface area contributed by atoms with Gasteiger partial charge in [-0.2, -0.15) is 5.26 Å². The molecular weight excluding hydrogens is 251 g/mol. The third-order valence-electron chi connectivity index (χ3n) is 4.76. The largest absolute Gasteiger partial charge is 0.461 e. The highest BCUT2D eigenvalue weighted by molar-refractivity contribution is 6.49. The summed E-state index contributed by atoms with van der Waals surface area (Å²) in [6.45, 7) is 8.30. The van der Waals surface area contributed by atoms with Crippen LogP contribution in [-0.2, 0) is 9.31 Å². The van der Waals surface area contributed by atoms with Crippen molar-refractivity contribution < 1.29 is 9.31 Å². The molecule has 1 saturated carbocycles. The zero-order chi connectivity index (χ0) is 14.5. The summed E-state index contributed by atoms with van der Waals surface area (Å²) < 4.78 is 12.2. The molecule has 20 heavy (non-hydrogen) atoms. The highest BCUT2D eigenvalue weighted by Crippen LogP contribution is 2.57. The molecule has 0 N–H and O–H groups in total. The maximum atomic E-state index is 8.79. The smallest absolute Gasteiger partial charge is 0.403 e. The van der Waals surface area contributed by atoms with Crippen molar-refractivity contribution in [1.29, 1.82) is 5.26 Å². The van der Waals surface area contributed by atoms with Crippen molar-refractivity contribution in [2.75, 3.05) is 0 Å². The van der Waals surface area contributed by atoms with E-state index in [4.69, 9.17) is 14.6 Å². The molecule has 1 aromatic heterocycles. The van der Waals surface area contributed by atoms with E-state index in [2.05, 4.69) is 38.7 Å². The fourth-order valence-corrected chi connectivity index (χ4v) is 2.61. The second-order valence-electron chi connectivity index (χ2n) is 6.71. The van der Waals surface area contributed by atoms with Crippen LogP contribution in [0.4, 0.5) is 0 Å². The first kappa shape index (κ1) is 13.6. The number of aromatic nitrogens is 1. The monoisotopic (exact) mass is 270 g/mol. The second-order valence-corrected chi connectivity index (χ2v) is 6.71. The van der Waals surface area contributed by atoms with Gasteiger partial charge in [0.15, 0.2) is 0 Å². The normalized spacial score (nSPS) is 30.1. The predicted molar refractivity (Wildman–Crippen MR) is 76.1 cm³/mol. The van der Waals surface area contributed by atoms with Crippen LogP contribution < -0.4 is 0 Å². The molecule has 2 aliphatic rings. The van der Waals surface area contributed by atoms with Gasteiger partial charge in [0.05, 0.1) is 16.8 Å². The van der Waals surface area contributed by atoms with E-state index in [1.54, 1.807) is 6.20 Å². The van der Waals surface area contributed by atoms with E-state index >= 15 is 0 Å². The Morgan fingerprint density at radius 2 is 1.90 bits per heavy atom. The number of nitriles is 1. The van der Waals surface area contributed by atoms with Gasteiger partial charge in [-0.05, 0) is 46.2 Å². The third-order valence-corrected chi connectivity index (χ3v) is 4.76. The predicted octanol–water partition coefficient (Wildman–Crippen LogP) is 2.90. The van der Waals surface area contributed by atoms with E-state index in [9.17, 15) is 0 Å². The number of rotatable bonds is 2. The Bertz CT molecular complexity index is 546. The SMILES string of the molecule is CC1(C)OB([C@H]2C[C@@H]2c2ccc(C#N)cn2)OC1(C)C. The van der Waals surface area contributed by atoms with Crippen LogP contribution in [0.1, 0.15) is 51.3 Å². The van der Waals surface area contributed by atoms with Crippen molar-refractivity contribution in [3.63, 3.8) is 0 Å². The van der Waals surface area contributed by atoms with Crippen LogP contribution in [0.2, 0.25) is 5.82 Å². The molecule has 5 heteroatoms. The van der Waals surface area contributed by atoms with Gasteiger partial charge in [-0.25, -0.2) is 0 Å². The lowest BCUT2D eigenvalue weighted by Crippen LogP contribution is -2.41. The van der Waals surface area contributed by atoms with Gasteiger partial charge in [-0.15, -0.1) is 0 Å². The van der Waals surface area contributed by atoms with Crippen molar-refractivity contribution in [2.45, 2.75) is 57.1 Å². The first-order valence-electron chi connectivity index (χ1n) is 7.06. The van der Waals surface area contributed by atoms with E-state index < -0.39 is 0 Å². The van der Waals surface area contributed by atoms with E-state index in [0.29, 0.717) is 17.3 Å². The molecule has 1 saturated heterocycles. The van der Waals surface area contributed by atoms with Crippen LogP contribution in [0.5, 0.6) is 0 Å². The minimum Gasteiger partial charge on any atom is -0.403 e. The van der Waals surface area contributed by atoms with E-state index in [-0.39, 0.29) is 18.3 Å². The molecule has 3 rings (SSSR count). The lowest BCUT2D eigenvalue weighted by atomic mass is 9.80. The van der Waals surface area contributed by atoms with Gasteiger partial charge in [-0.3, -0.25) is 4.98 Å². The fraction of sp³-hybridized carbons (Fsp3) is 0.600. The number of nitrogens with zero attached hydrogens (tertiary/aromatic N) is 2. The third kappa shape index (κ3) is 2.13. The van der Waals surface area contributed by atoms with Crippen molar-refractivity contribution in [2.24, 2.45) is 0 Å². The lowest BCUT2D eigenvalue weighted by molar-refractivity contribution is 0.00578. The quantitative estimate of drug-likeness (QED) is 0.775. The standard InChI is InChI=1S/C15H19BN2O2/c1-14(2)15(3,4)20-16(19-14)12-7-11(12)13-6-5-10(8-17)9-18-13/h5-6,9,11-12H,7H2,1-4H3/t11-,12-/m0/s1. The molecule has 2 fully saturated rings. The first-order valence-corrected chi connectivity index (χ1v) is 7.06. The van der Waals surface area contributed by atoms with Gasteiger partial charge < -0.3 is 9.31 Å². The molecule has 2 atom stereocenters. The van der Waals surface area contributed by atoms with E-state index in [0.717, 1.165) is 12.1 Å². The van der Waals surface area contributed by atoms with Crippen LogP contribution >= 0.6 is 0 Å². The van der Waals surface area contributed by atoms with Crippen LogP contribution in [0.25, 0.3) is 0 Å². The van der Waals surface area contributed by atoms with Gasteiger partial charge in [0, 0.05) is 23.6 Å². The molecule has 0 bridgehead atoms. The highest BCUT2D eigenvalue weighted by atomic mass is 16.7. The van der Waals surface area contributed by atoms with Crippen LogP contribution in [-0.4, -0.2) is 23.3 Å². The highest BCUT2D eigenvalue weighted by Gasteiger charge is 2.60. The average Bonchev–Trinajstić information content (AvgIpc) is 3.13. The first-order chi connectivity index (χ1) is 9.34. The average molecular weight is 270 g/mol. The molecule has 104 valence electrons. The van der Waals surface area contributed by atoms with Crippen LogP contribution in [0.3, 0.4) is 0 Å². The van der Waals surface area contributed by atoms with Crippen molar-refractivity contribution in [3.8, 4) is 6.07 Å². The van der Waals surface area contributed by atoms with Gasteiger partial charge in [0.2, 0.25) is 0 Å².